The molecule has 1 N–H and O–H groups in total. The second-order valence-electron chi connectivity index (χ2n) is 5.12. The van der Waals surface area contributed by atoms with Crippen molar-refractivity contribution in [1.29, 1.82) is 0 Å². The van der Waals surface area contributed by atoms with Crippen LogP contribution in [0.4, 0.5) is 0 Å². The lowest BCUT2D eigenvalue weighted by atomic mass is 10.2. The molecule has 2 aromatic rings. The van der Waals surface area contributed by atoms with Crippen LogP contribution < -0.4 is 5.32 Å². The Kier molecular flexibility index (Phi) is 4.03. The predicted molar refractivity (Wildman–Crippen MR) is 78.6 cm³/mol. The van der Waals surface area contributed by atoms with Gasteiger partial charge in [0.25, 0.3) is 0 Å². The Morgan fingerprint density at radius 3 is 3.21 bits per heavy atom. The van der Waals surface area contributed by atoms with E-state index in [1.807, 2.05) is 36.2 Å². The molecule has 2 heterocycles. The van der Waals surface area contributed by atoms with Gasteiger partial charge in [-0.25, -0.2) is 0 Å². The number of nitrogens with one attached hydrogen (secondary N) is 1. The van der Waals surface area contributed by atoms with Crippen LogP contribution in [0.3, 0.4) is 0 Å². The van der Waals surface area contributed by atoms with Crippen molar-refractivity contribution in [3.8, 4) is 0 Å². The highest BCUT2D eigenvalue weighted by Crippen LogP contribution is 2.34. The summed E-state index contributed by atoms with van der Waals surface area (Å²) in [4.78, 5) is 0. The Balaban J connectivity index is 1.63. The van der Waals surface area contributed by atoms with Crippen molar-refractivity contribution in [2.75, 3.05) is 6.54 Å². The SMILES string of the molecule is CCCNC1CCC(Sc2nnc3ccccn23)C1. The largest absolute Gasteiger partial charge is 0.314 e. The predicted octanol–water partition coefficient (Wildman–Crippen LogP) is 2.74. The number of hydrogen-bond acceptors (Lipinski definition) is 4. The van der Waals surface area contributed by atoms with Gasteiger partial charge in [-0.3, -0.25) is 4.40 Å². The molecule has 0 amide bonds. The molecular formula is C14H20N4S. The monoisotopic (exact) mass is 276 g/mol. The highest BCUT2D eigenvalue weighted by atomic mass is 32.2. The molecule has 1 fully saturated rings. The zero-order valence-corrected chi connectivity index (χ0v) is 12.1. The van der Waals surface area contributed by atoms with E-state index in [1.165, 1.54) is 25.7 Å². The second kappa shape index (κ2) is 5.92. The molecule has 0 radical (unpaired) electrons. The van der Waals surface area contributed by atoms with Crippen molar-refractivity contribution in [3.63, 3.8) is 0 Å². The Hall–Kier alpha value is -1.07. The molecule has 0 spiro atoms. The lowest BCUT2D eigenvalue weighted by molar-refractivity contribution is 0.524. The summed E-state index contributed by atoms with van der Waals surface area (Å²) in [6.45, 7) is 3.35. The summed E-state index contributed by atoms with van der Waals surface area (Å²) >= 11 is 1.87. The van der Waals surface area contributed by atoms with Gasteiger partial charge in [0.15, 0.2) is 10.8 Å². The minimum atomic E-state index is 0.668. The third kappa shape index (κ3) is 2.92. The van der Waals surface area contributed by atoms with Gasteiger partial charge in [0, 0.05) is 17.5 Å². The molecule has 2 unspecified atom stereocenters. The first-order chi connectivity index (χ1) is 9.36. The van der Waals surface area contributed by atoms with Crippen molar-refractivity contribution in [2.24, 2.45) is 0 Å². The van der Waals surface area contributed by atoms with Crippen molar-refractivity contribution < 1.29 is 0 Å². The Morgan fingerprint density at radius 2 is 2.32 bits per heavy atom. The highest BCUT2D eigenvalue weighted by molar-refractivity contribution is 7.99. The molecule has 0 aliphatic heterocycles. The minimum Gasteiger partial charge on any atom is -0.314 e. The molecule has 0 bridgehead atoms. The third-order valence-corrected chi connectivity index (χ3v) is 4.87. The van der Waals surface area contributed by atoms with Crippen LogP contribution in [0.1, 0.15) is 32.6 Å². The van der Waals surface area contributed by atoms with E-state index in [-0.39, 0.29) is 0 Å². The fraction of sp³-hybridized carbons (Fsp3) is 0.571. The first-order valence-electron chi connectivity index (χ1n) is 7.06. The standard InChI is InChI=1S/C14H20N4S/c1-2-8-15-11-6-7-12(10-11)19-14-17-16-13-5-3-4-9-18(13)14/h3-5,9,11-12,15H,2,6-8,10H2,1H3. The zero-order valence-electron chi connectivity index (χ0n) is 11.2. The topological polar surface area (TPSA) is 42.2 Å². The van der Waals surface area contributed by atoms with E-state index in [1.54, 1.807) is 0 Å². The number of thioether (sulfide) groups is 1. The molecule has 4 nitrogen and oxygen atoms in total. The number of aromatic nitrogens is 3. The van der Waals surface area contributed by atoms with Crippen LogP contribution >= 0.6 is 11.8 Å². The molecule has 1 saturated carbocycles. The number of nitrogens with zero attached hydrogens (tertiary/aromatic N) is 3. The van der Waals surface area contributed by atoms with Crippen molar-refractivity contribution in [3.05, 3.63) is 24.4 Å². The van der Waals surface area contributed by atoms with E-state index in [2.05, 4.69) is 26.8 Å². The average molecular weight is 276 g/mol. The van der Waals surface area contributed by atoms with Gasteiger partial charge in [-0.05, 0) is 44.4 Å². The molecule has 1 aliphatic carbocycles. The Labute approximate surface area is 118 Å². The molecule has 0 saturated heterocycles. The molecule has 102 valence electrons. The van der Waals surface area contributed by atoms with Gasteiger partial charge in [0.1, 0.15) is 0 Å². The third-order valence-electron chi connectivity index (χ3n) is 3.62. The number of rotatable bonds is 5. The van der Waals surface area contributed by atoms with E-state index in [4.69, 9.17) is 0 Å². The summed E-state index contributed by atoms with van der Waals surface area (Å²) < 4.78 is 2.08. The molecule has 2 atom stereocenters. The second-order valence-corrected chi connectivity index (χ2v) is 6.38. The molecule has 3 rings (SSSR count). The highest BCUT2D eigenvalue weighted by Gasteiger charge is 2.26. The van der Waals surface area contributed by atoms with E-state index in [0.29, 0.717) is 11.3 Å². The van der Waals surface area contributed by atoms with Crippen molar-refractivity contribution in [2.45, 2.75) is 49.1 Å². The maximum atomic E-state index is 4.30. The maximum Gasteiger partial charge on any atom is 0.195 e. The van der Waals surface area contributed by atoms with Gasteiger partial charge in [0.2, 0.25) is 0 Å². The van der Waals surface area contributed by atoms with E-state index in [9.17, 15) is 0 Å². The van der Waals surface area contributed by atoms with E-state index < -0.39 is 0 Å². The normalized spacial score (nSPS) is 23.2. The molecule has 1 aliphatic rings. The van der Waals surface area contributed by atoms with E-state index >= 15 is 0 Å². The van der Waals surface area contributed by atoms with Crippen LogP contribution in [0.15, 0.2) is 29.6 Å². The average Bonchev–Trinajstić information content (AvgIpc) is 3.05. The van der Waals surface area contributed by atoms with Crippen LogP contribution in [0.5, 0.6) is 0 Å². The van der Waals surface area contributed by atoms with Crippen molar-refractivity contribution in [1.82, 2.24) is 19.9 Å². The Bertz CT molecular complexity index is 539. The number of fused-ring (bicyclic) bond motifs is 1. The molecular weight excluding hydrogens is 256 g/mol. The number of hydrogen-bond donors (Lipinski definition) is 1. The van der Waals surface area contributed by atoms with Crippen LogP contribution in [-0.2, 0) is 0 Å². The van der Waals surface area contributed by atoms with Gasteiger partial charge in [0.05, 0.1) is 0 Å². The van der Waals surface area contributed by atoms with Crippen LogP contribution in [0, 0.1) is 0 Å². The van der Waals surface area contributed by atoms with Crippen LogP contribution in [0.25, 0.3) is 5.65 Å². The maximum absolute atomic E-state index is 4.30. The summed E-state index contributed by atoms with van der Waals surface area (Å²) in [5.41, 5.74) is 0.934. The van der Waals surface area contributed by atoms with E-state index in [0.717, 1.165) is 17.3 Å². The molecule has 19 heavy (non-hydrogen) atoms. The van der Waals surface area contributed by atoms with Gasteiger partial charge in [-0.1, -0.05) is 24.8 Å². The molecule has 5 heteroatoms. The van der Waals surface area contributed by atoms with Crippen molar-refractivity contribution >= 4 is 17.4 Å². The lowest BCUT2D eigenvalue weighted by Gasteiger charge is -2.11. The fourth-order valence-corrected chi connectivity index (χ4v) is 3.87. The van der Waals surface area contributed by atoms with Gasteiger partial charge in [-0.15, -0.1) is 10.2 Å². The fourth-order valence-electron chi connectivity index (χ4n) is 2.63. The van der Waals surface area contributed by atoms with Gasteiger partial charge >= 0.3 is 0 Å². The smallest absolute Gasteiger partial charge is 0.195 e. The summed E-state index contributed by atoms with van der Waals surface area (Å²) in [6.07, 6.45) is 7.05. The first kappa shape index (κ1) is 12.9. The quantitative estimate of drug-likeness (QED) is 0.912. The Morgan fingerprint density at radius 1 is 1.37 bits per heavy atom. The van der Waals surface area contributed by atoms with Crippen LogP contribution in [0.2, 0.25) is 0 Å². The van der Waals surface area contributed by atoms with Gasteiger partial charge in [-0.2, -0.15) is 0 Å². The first-order valence-corrected chi connectivity index (χ1v) is 7.94. The van der Waals surface area contributed by atoms with Gasteiger partial charge < -0.3 is 5.32 Å². The summed E-state index contributed by atoms with van der Waals surface area (Å²) in [5, 5.41) is 13.8. The summed E-state index contributed by atoms with van der Waals surface area (Å²) in [5.74, 6) is 0. The number of pyridine rings is 1. The molecule has 2 aromatic heterocycles. The summed E-state index contributed by atoms with van der Waals surface area (Å²) in [6, 6.07) is 6.72. The molecule has 0 aromatic carbocycles. The van der Waals surface area contributed by atoms with Crippen LogP contribution in [-0.4, -0.2) is 32.4 Å². The summed E-state index contributed by atoms with van der Waals surface area (Å²) in [7, 11) is 0. The minimum absolute atomic E-state index is 0.668. The lowest BCUT2D eigenvalue weighted by Crippen LogP contribution is -2.27. The zero-order chi connectivity index (χ0) is 13.1.